The minimum absolute atomic E-state index is 0.0852. The number of allylic oxidation sites excluding steroid dienone is 1. The highest BCUT2D eigenvalue weighted by Gasteiger charge is 2.59. The molecule has 6 rings (SSSR count). The van der Waals surface area contributed by atoms with E-state index in [-0.39, 0.29) is 24.1 Å². The van der Waals surface area contributed by atoms with E-state index in [0.717, 1.165) is 60.2 Å². The molecular formula is C38H52O5. The fourth-order valence-corrected chi connectivity index (χ4v) is 10.2. The fourth-order valence-electron chi connectivity index (χ4n) is 10.2. The molecule has 4 aliphatic carbocycles. The molecule has 0 aliphatic heterocycles. The Morgan fingerprint density at radius 3 is 2.63 bits per heavy atom. The summed E-state index contributed by atoms with van der Waals surface area (Å²) in [6.45, 7) is 12.3. The SMILES string of the molecule is CC(C)CCCC(C)C1CCC2C3CC=C4CC(OC(=O)COc5ccc6ccc(=O)oc6c5)CCC4(C)C3CCC12C. The molecule has 0 spiro atoms. The molecule has 3 fully saturated rings. The molecule has 8 atom stereocenters. The smallest absolute Gasteiger partial charge is 0.344 e. The molecule has 234 valence electrons. The van der Waals surface area contributed by atoms with Crippen molar-refractivity contribution in [2.75, 3.05) is 6.61 Å². The van der Waals surface area contributed by atoms with Gasteiger partial charge in [-0.1, -0.05) is 65.5 Å². The minimum atomic E-state index is -0.409. The zero-order valence-corrected chi connectivity index (χ0v) is 27.0. The van der Waals surface area contributed by atoms with Crippen LogP contribution in [0.1, 0.15) is 105 Å². The van der Waals surface area contributed by atoms with Crippen LogP contribution in [-0.2, 0) is 9.53 Å². The first-order chi connectivity index (χ1) is 20.6. The summed E-state index contributed by atoms with van der Waals surface area (Å²) in [7, 11) is 0. The zero-order chi connectivity index (χ0) is 30.4. The van der Waals surface area contributed by atoms with Crippen molar-refractivity contribution in [3.05, 3.63) is 52.4 Å². The van der Waals surface area contributed by atoms with Crippen LogP contribution in [0.2, 0.25) is 0 Å². The first-order valence-electron chi connectivity index (χ1n) is 17.1. The Balaban J connectivity index is 1.05. The molecule has 1 aromatic carbocycles. The minimum Gasteiger partial charge on any atom is -0.482 e. The van der Waals surface area contributed by atoms with Crippen molar-refractivity contribution >= 4 is 16.9 Å². The van der Waals surface area contributed by atoms with E-state index in [2.05, 4.69) is 40.7 Å². The van der Waals surface area contributed by atoms with Gasteiger partial charge in [0.25, 0.3) is 0 Å². The summed E-state index contributed by atoms with van der Waals surface area (Å²) in [5, 5.41) is 0.810. The number of hydrogen-bond donors (Lipinski definition) is 0. The molecule has 1 heterocycles. The highest BCUT2D eigenvalue weighted by atomic mass is 16.6. The molecule has 3 saturated carbocycles. The van der Waals surface area contributed by atoms with Crippen LogP contribution in [0, 0.1) is 46.3 Å². The van der Waals surface area contributed by atoms with Crippen LogP contribution in [0.5, 0.6) is 5.75 Å². The van der Waals surface area contributed by atoms with Gasteiger partial charge in [0.1, 0.15) is 17.4 Å². The van der Waals surface area contributed by atoms with Gasteiger partial charge in [-0.05, 0) is 109 Å². The average Bonchev–Trinajstić information content (AvgIpc) is 3.33. The van der Waals surface area contributed by atoms with Crippen LogP contribution in [0.15, 0.2) is 51.2 Å². The largest absolute Gasteiger partial charge is 0.482 e. The van der Waals surface area contributed by atoms with Gasteiger partial charge in [0.05, 0.1) is 0 Å². The average molecular weight is 589 g/mol. The lowest BCUT2D eigenvalue weighted by atomic mass is 9.47. The molecule has 0 bridgehead atoms. The second-order valence-corrected chi connectivity index (χ2v) is 15.4. The third kappa shape index (κ3) is 5.94. The van der Waals surface area contributed by atoms with E-state index in [9.17, 15) is 9.59 Å². The van der Waals surface area contributed by atoms with Crippen LogP contribution in [0.25, 0.3) is 11.0 Å². The summed E-state index contributed by atoms with van der Waals surface area (Å²) in [5.41, 5.74) is 2.31. The molecule has 5 nitrogen and oxygen atoms in total. The van der Waals surface area contributed by atoms with Gasteiger partial charge >= 0.3 is 11.6 Å². The second-order valence-electron chi connectivity index (χ2n) is 15.4. The van der Waals surface area contributed by atoms with Crippen molar-refractivity contribution in [1.29, 1.82) is 0 Å². The molecule has 2 aromatic rings. The Labute approximate surface area is 257 Å². The second kappa shape index (κ2) is 12.1. The van der Waals surface area contributed by atoms with Crippen LogP contribution >= 0.6 is 0 Å². The van der Waals surface area contributed by atoms with Gasteiger partial charge in [-0.2, -0.15) is 0 Å². The van der Waals surface area contributed by atoms with Crippen molar-refractivity contribution in [1.82, 2.24) is 0 Å². The molecule has 43 heavy (non-hydrogen) atoms. The highest BCUT2D eigenvalue weighted by molar-refractivity contribution is 5.78. The summed E-state index contributed by atoms with van der Waals surface area (Å²) >= 11 is 0. The Morgan fingerprint density at radius 2 is 1.81 bits per heavy atom. The molecule has 1 aromatic heterocycles. The zero-order valence-electron chi connectivity index (χ0n) is 27.0. The number of benzene rings is 1. The van der Waals surface area contributed by atoms with E-state index in [0.29, 0.717) is 16.7 Å². The summed E-state index contributed by atoms with van der Waals surface area (Å²) in [6, 6.07) is 8.35. The fraction of sp³-hybridized carbons (Fsp3) is 0.684. The van der Waals surface area contributed by atoms with E-state index in [1.807, 2.05) is 6.07 Å². The molecule has 0 amide bonds. The molecule has 0 saturated heterocycles. The van der Waals surface area contributed by atoms with Crippen molar-refractivity contribution in [3.63, 3.8) is 0 Å². The van der Waals surface area contributed by atoms with E-state index in [1.54, 1.807) is 18.2 Å². The monoisotopic (exact) mass is 588 g/mol. The molecule has 0 N–H and O–H groups in total. The Bertz CT molecular complexity index is 1400. The number of esters is 1. The maximum absolute atomic E-state index is 12.8. The highest BCUT2D eigenvalue weighted by Crippen LogP contribution is 2.67. The number of ether oxygens (including phenoxy) is 2. The van der Waals surface area contributed by atoms with Gasteiger partial charge in [0, 0.05) is 23.9 Å². The predicted octanol–water partition coefficient (Wildman–Crippen LogP) is 9.13. The predicted molar refractivity (Wildman–Crippen MR) is 171 cm³/mol. The van der Waals surface area contributed by atoms with E-state index >= 15 is 0 Å². The van der Waals surface area contributed by atoms with E-state index < -0.39 is 5.63 Å². The number of hydrogen-bond acceptors (Lipinski definition) is 5. The topological polar surface area (TPSA) is 65.7 Å². The van der Waals surface area contributed by atoms with E-state index in [1.165, 1.54) is 63.0 Å². The summed E-state index contributed by atoms with van der Waals surface area (Å²) in [5.74, 6) is 5.10. The van der Waals surface area contributed by atoms with Gasteiger partial charge in [0.2, 0.25) is 0 Å². The van der Waals surface area contributed by atoms with E-state index in [4.69, 9.17) is 13.9 Å². The van der Waals surface area contributed by atoms with Crippen molar-refractivity contribution in [2.45, 2.75) is 111 Å². The Kier molecular flexibility index (Phi) is 8.56. The molecule has 4 aliphatic rings. The van der Waals surface area contributed by atoms with Gasteiger partial charge in [-0.25, -0.2) is 9.59 Å². The van der Waals surface area contributed by atoms with Gasteiger partial charge in [-0.3, -0.25) is 0 Å². The van der Waals surface area contributed by atoms with Crippen LogP contribution in [0.4, 0.5) is 0 Å². The van der Waals surface area contributed by atoms with Gasteiger partial charge in [0.15, 0.2) is 6.61 Å². The van der Waals surface area contributed by atoms with Crippen LogP contribution in [-0.4, -0.2) is 18.7 Å². The Hall–Kier alpha value is -2.56. The third-order valence-electron chi connectivity index (χ3n) is 12.5. The standard InChI is InChI=1S/C38H52O5/c1-24(2)7-6-8-25(3)31-14-15-32-30-13-11-27-21-29(17-19-37(27,4)33(30)18-20-38(31,32)5)42-36(40)23-41-28-12-9-26-10-16-35(39)43-34(26)22-28/h9-12,16,22,24-25,29-33H,6-8,13-15,17-21,23H2,1-5H3. The lowest BCUT2D eigenvalue weighted by molar-refractivity contribution is -0.153. The molecular weight excluding hydrogens is 536 g/mol. The van der Waals surface area contributed by atoms with Crippen molar-refractivity contribution < 1.29 is 18.7 Å². The molecule has 0 radical (unpaired) electrons. The van der Waals surface area contributed by atoms with Gasteiger partial charge < -0.3 is 13.9 Å². The quantitative estimate of drug-likeness (QED) is 0.166. The number of fused-ring (bicyclic) bond motifs is 6. The third-order valence-corrected chi connectivity index (χ3v) is 12.5. The number of carbonyl (C=O) groups excluding carboxylic acids is 1. The van der Waals surface area contributed by atoms with Crippen molar-refractivity contribution in [2.24, 2.45) is 46.3 Å². The summed E-state index contributed by atoms with van der Waals surface area (Å²) < 4.78 is 16.9. The lowest BCUT2D eigenvalue weighted by Crippen LogP contribution is -2.51. The number of rotatable bonds is 9. The maximum atomic E-state index is 12.8. The van der Waals surface area contributed by atoms with Crippen LogP contribution < -0.4 is 10.4 Å². The maximum Gasteiger partial charge on any atom is 0.344 e. The molecule has 8 unspecified atom stereocenters. The number of carbonyl (C=O) groups is 1. The van der Waals surface area contributed by atoms with Crippen LogP contribution in [0.3, 0.4) is 0 Å². The molecule has 5 heteroatoms. The lowest BCUT2D eigenvalue weighted by Gasteiger charge is -2.58. The Morgan fingerprint density at radius 1 is 1.00 bits per heavy atom. The van der Waals surface area contributed by atoms with Gasteiger partial charge in [-0.15, -0.1) is 0 Å². The summed E-state index contributed by atoms with van der Waals surface area (Å²) in [4.78, 5) is 24.3. The first-order valence-corrected chi connectivity index (χ1v) is 17.1. The first kappa shape index (κ1) is 30.5. The van der Waals surface area contributed by atoms with Crippen molar-refractivity contribution in [3.8, 4) is 5.75 Å². The normalized spacial score (nSPS) is 34.2. The summed E-state index contributed by atoms with van der Waals surface area (Å²) in [6.07, 6.45) is 16.3.